The number of hydrogen-bond acceptors (Lipinski definition) is 2. The Morgan fingerprint density at radius 1 is 1.69 bits per heavy atom. The molecule has 0 saturated heterocycles. The molecule has 0 N–H and O–H groups in total. The fraction of sp³-hybridized carbons (Fsp3) is 0.545. The molecule has 1 unspecified atom stereocenters. The summed E-state index contributed by atoms with van der Waals surface area (Å²) in [4.78, 5) is 0. The molecule has 0 saturated carbocycles. The van der Waals surface area contributed by atoms with Gasteiger partial charge in [-0.05, 0) is 31.8 Å². The van der Waals surface area contributed by atoms with Crippen LogP contribution in [0.5, 0.6) is 0 Å². The summed E-state index contributed by atoms with van der Waals surface area (Å²) in [5, 5.41) is 6.31. The fourth-order valence-corrected chi connectivity index (χ4v) is 1.38. The molecule has 0 aromatic carbocycles. The van der Waals surface area contributed by atoms with Crippen molar-refractivity contribution in [2.45, 2.75) is 32.2 Å². The SMILES string of the molecule is C=C(C)C=NN(C)C1C=CCCC1. The Kier molecular flexibility index (Phi) is 3.74. The molecule has 2 nitrogen and oxygen atoms in total. The molecule has 1 atom stereocenters. The Morgan fingerprint density at radius 2 is 2.46 bits per heavy atom. The van der Waals surface area contributed by atoms with Crippen LogP contribution in [0.25, 0.3) is 0 Å². The molecule has 13 heavy (non-hydrogen) atoms. The van der Waals surface area contributed by atoms with Gasteiger partial charge in [-0.2, -0.15) is 5.10 Å². The number of likely N-dealkylation sites (N-methyl/N-ethyl adjacent to an activating group) is 1. The molecule has 0 aromatic heterocycles. The molecule has 0 radical (unpaired) electrons. The van der Waals surface area contributed by atoms with E-state index in [0.717, 1.165) is 5.57 Å². The molecule has 0 bridgehead atoms. The van der Waals surface area contributed by atoms with Gasteiger partial charge >= 0.3 is 0 Å². The van der Waals surface area contributed by atoms with Crippen molar-refractivity contribution in [1.82, 2.24) is 5.01 Å². The van der Waals surface area contributed by atoms with Gasteiger partial charge in [0.1, 0.15) is 0 Å². The van der Waals surface area contributed by atoms with E-state index in [2.05, 4.69) is 23.8 Å². The molecule has 0 spiro atoms. The molecule has 2 heteroatoms. The highest BCUT2D eigenvalue weighted by atomic mass is 15.4. The lowest BCUT2D eigenvalue weighted by atomic mass is 10.0. The lowest BCUT2D eigenvalue weighted by Gasteiger charge is -2.24. The zero-order valence-electron chi connectivity index (χ0n) is 8.53. The summed E-state index contributed by atoms with van der Waals surface area (Å²) in [6.07, 6.45) is 9.98. The standard InChI is InChI=1S/C11H18N2/c1-10(2)9-12-13(3)11-7-5-4-6-8-11/h5,7,9,11H,1,4,6,8H2,2-3H3. The average molecular weight is 178 g/mol. The van der Waals surface area contributed by atoms with Gasteiger partial charge < -0.3 is 0 Å². The topological polar surface area (TPSA) is 15.6 Å². The van der Waals surface area contributed by atoms with Crippen LogP contribution in [0.3, 0.4) is 0 Å². The highest BCUT2D eigenvalue weighted by Crippen LogP contribution is 2.14. The van der Waals surface area contributed by atoms with Crippen LogP contribution in [0, 0.1) is 0 Å². The first-order valence-electron chi connectivity index (χ1n) is 4.79. The average Bonchev–Trinajstić information content (AvgIpc) is 2.15. The van der Waals surface area contributed by atoms with E-state index in [9.17, 15) is 0 Å². The van der Waals surface area contributed by atoms with E-state index in [1.165, 1.54) is 19.3 Å². The Labute approximate surface area is 80.6 Å². The van der Waals surface area contributed by atoms with E-state index in [1.807, 2.05) is 25.2 Å². The van der Waals surface area contributed by atoms with E-state index < -0.39 is 0 Å². The second kappa shape index (κ2) is 4.85. The van der Waals surface area contributed by atoms with Gasteiger partial charge in [0.2, 0.25) is 0 Å². The lowest BCUT2D eigenvalue weighted by molar-refractivity contribution is 0.276. The van der Waals surface area contributed by atoms with Crippen molar-refractivity contribution in [3.05, 3.63) is 24.3 Å². The molecule has 1 aliphatic carbocycles. The smallest absolute Gasteiger partial charge is 0.0647 e. The summed E-state index contributed by atoms with van der Waals surface area (Å²) in [5.41, 5.74) is 0.992. The van der Waals surface area contributed by atoms with Crippen molar-refractivity contribution in [1.29, 1.82) is 0 Å². The van der Waals surface area contributed by atoms with Crippen molar-refractivity contribution in [3.63, 3.8) is 0 Å². The Morgan fingerprint density at radius 3 is 3.00 bits per heavy atom. The maximum absolute atomic E-state index is 4.30. The molecule has 0 aromatic rings. The van der Waals surface area contributed by atoms with Gasteiger partial charge in [0, 0.05) is 13.3 Å². The van der Waals surface area contributed by atoms with Crippen LogP contribution in [-0.2, 0) is 0 Å². The van der Waals surface area contributed by atoms with E-state index in [1.54, 1.807) is 0 Å². The molecule has 0 aliphatic heterocycles. The summed E-state index contributed by atoms with van der Waals surface area (Å²) < 4.78 is 0. The van der Waals surface area contributed by atoms with Crippen molar-refractivity contribution in [3.8, 4) is 0 Å². The van der Waals surface area contributed by atoms with Crippen LogP contribution in [0.15, 0.2) is 29.4 Å². The summed E-state index contributed by atoms with van der Waals surface area (Å²) in [6.45, 7) is 5.73. The number of hydrazone groups is 1. The predicted octanol–water partition coefficient (Wildman–Crippen LogP) is 2.59. The van der Waals surface area contributed by atoms with E-state index in [0.29, 0.717) is 6.04 Å². The summed E-state index contributed by atoms with van der Waals surface area (Å²) in [7, 11) is 2.01. The van der Waals surface area contributed by atoms with Crippen LogP contribution in [0.4, 0.5) is 0 Å². The number of allylic oxidation sites excluding steroid dienone is 2. The number of hydrogen-bond donors (Lipinski definition) is 0. The van der Waals surface area contributed by atoms with Gasteiger partial charge in [0.05, 0.1) is 6.04 Å². The summed E-state index contributed by atoms with van der Waals surface area (Å²) in [5.74, 6) is 0. The number of nitrogens with zero attached hydrogens (tertiary/aromatic N) is 2. The van der Waals surface area contributed by atoms with Gasteiger partial charge in [-0.25, -0.2) is 0 Å². The molecule has 1 rings (SSSR count). The Balaban J connectivity index is 2.46. The monoisotopic (exact) mass is 178 g/mol. The minimum Gasteiger partial charge on any atom is -0.293 e. The van der Waals surface area contributed by atoms with Crippen molar-refractivity contribution in [2.75, 3.05) is 7.05 Å². The second-order valence-corrected chi connectivity index (χ2v) is 3.59. The molecule has 0 amide bonds. The van der Waals surface area contributed by atoms with Crippen molar-refractivity contribution < 1.29 is 0 Å². The van der Waals surface area contributed by atoms with Crippen LogP contribution in [0.2, 0.25) is 0 Å². The van der Waals surface area contributed by atoms with Gasteiger partial charge in [-0.1, -0.05) is 18.7 Å². The van der Waals surface area contributed by atoms with E-state index in [4.69, 9.17) is 0 Å². The highest BCUT2D eigenvalue weighted by molar-refractivity contribution is 5.76. The van der Waals surface area contributed by atoms with Gasteiger partial charge in [-0.15, -0.1) is 0 Å². The second-order valence-electron chi connectivity index (χ2n) is 3.59. The lowest BCUT2D eigenvalue weighted by Crippen LogP contribution is -2.26. The highest BCUT2D eigenvalue weighted by Gasteiger charge is 2.11. The minimum absolute atomic E-state index is 0.476. The number of rotatable bonds is 3. The molecular formula is C11H18N2. The van der Waals surface area contributed by atoms with E-state index in [-0.39, 0.29) is 0 Å². The van der Waals surface area contributed by atoms with Crippen molar-refractivity contribution >= 4 is 6.21 Å². The van der Waals surface area contributed by atoms with Crippen molar-refractivity contribution in [2.24, 2.45) is 5.10 Å². The third-order valence-electron chi connectivity index (χ3n) is 2.17. The fourth-order valence-electron chi connectivity index (χ4n) is 1.38. The Bertz CT molecular complexity index is 228. The molecule has 0 heterocycles. The largest absolute Gasteiger partial charge is 0.293 e. The van der Waals surface area contributed by atoms with E-state index >= 15 is 0 Å². The third-order valence-corrected chi connectivity index (χ3v) is 2.17. The maximum atomic E-state index is 4.30. The minimum atomic E-state index is 0.476. The quantitative estimate of drug-likeness (QED) is 0.368. The third kappa shape index (κ3) is 3.45. The molecule has 72 valence electrons. The maximum Gasteiger partial charge on any atom is 0.0647 e. The van der Waals surface area contributed by atoms with Crippen LogP contribution < -0.4 is 0 Å². The molecule has 0 fully saturated rings. The summed E-state index contributed by atoms with van der Waals surface area (Å²) in [6, 6.07) is 0.476. The summed E-state index contributed by atoms with van der Waals surface area (Å²) >= 11 is 0. The zero-order chi connectivity index (χ0) is 9.68. The van der Waals surface area contributed by atoms with Crippen LogP contribution >= 0.6 is 0 Å². The van der Waals surface area contributed by atoms with Gasteiger partial charge in [0.25, 0.3) is 0 Å². The van der Waals surface area contributed by atoms with Crippen LogP contribution in [0.1, 0.15) is 26.2 Å². The first kappa shape index (κ1) is 10.0. The first-order chi connectivity index (χ1) is 6.20. The molecule has 1 aliphatic rings. The molecular weight excluding hydrogens is 160 g/mol. The van der Waals surface area contributed by atoms with Gasteiger partial charge in [-0.3, -0.25) is 5.01 Å². The Hall–Kier alpha value is -1.05. The predicted molar refractivity (Wildman–Crippen MR) is 57.8 cm³/mol. The zero-order valence-corrected chi connectivity index (χ0v) is 8.53. The first-order valence-corrected chi connectivity index (χ1v) is 4.79. The van der Waals surface area contributed by atoms with Gasteiger partial charge in [0.15, 0.2) is 0 Å². The van der Waals surface area contributed by atoms with Crippen LogP contribution in [-0.4, -0.2) is 24.3 Å². The normalized spacial score (nSPS) is 22.2.